The van der Waals surface area contributed by atoms with Gasteiger partial charge in [0.25, 0.3) is 0 Å². The molecule has 3 aliphatic rings. The molecule has 0 unspecified atom stereocenters. The molecule has 1 saturated carbocycles. The van der Waals surface area contributed by atoms with Crippen LogP contribution in [0.3, 0.4) is 0 Å². The molecule has 2 aromatic carbocycles. The lowest BCUT2D eigenvalue weighted by molar-refractivity contribution is -0.137. The summed E-state index contributed by atoms with van der Waals surface area (Å²) in [6.45, 7) is 0. The van der Waals surface area contributed by atoms with Crippen molar-refractivity contribution in [1.29, 1.82) is 0 Å². The number of benzene rings is 2. The molecular weight excluding hydrogens is 483 g/mol. The van der Waals surface area contributed by atoms with Gasteiger partial charge < -0.3 is 14.8 Å². The first kappa shape index (κ1) is 23.5. The van der Waals surface area contributed by atoms with Crippen molar-refractivity contribution in [2.75, 3.05) is 5.75 Å². The average molecular weight is 503 g/mol. The number of Topliss-reactive ketones (excluding diaryl/α,β-unsaturated/α-hetero) is 2. The van der Waals surface area contributed by atoms with Crippen LogP contribution in [-0.2, 0) is 15.7 Å². The highest BCUT2D eigenvalue weighted by Gasteiger charge is 2.46. The maximum Gasteiger partial charge on any atom is 0.416 e. The molecule has 1 heterocycles. The van der Waals surface area contributed by atoms with Crippen molar-refractivity contribution < 1.29 is 37.0 Å². The van der Waals surface area contributed by atoms with Crippen LogP contribution in [0.5, 0.6) is 5.75 Å². The van der Waals surface area contributed by atoms with Crippen molar-refractivity contribution in [1.82, 2.24) is 5.32 Å². The van der Waals surface area contributed by atoms with Gasteiger partial charge in [0.15, 0.2) is 0 Å². The molecule has 10 heteroatoms. The van der Waals surface area contributed by atoms with Gasteiger partial charge in [0, 0.05) is 22.9 Å². The number of rotatable bonds is 2. The standard InChI is InChI=1S/C25H20F3NO5S/c26-25(27,28)14-4-3-5-16(12-14)33-23(32)29-15-8-10-24(11-9-15)13-35-22-20(31)19(30)17-6-1-2-7-18(17)21(22)34-24/h1-7,12,15H,8-11,13H2,(H,29,32). The van der Waals surface area contributed by atoms with Gasteiger partial charge in [-0.3, -0.25) is 9.59 Å². The summed E-state index contributed by atoms with van der Waals surface area (Å²) in [4.78, 5) is 37.6. The summed E-state index contributed by atoms with van der Waals surface area (Å²) in [7, 11) is 0. The molecule has 1 fully saturated rings. The Balaban J connectivity index is 1.22. The van der Waals surface area contributed by atoms with Crippen molar-refractivity contribution in [2.24, 2.45) is 0 Å². The van der Waals surface area contributed by atoms with E-state index in [1.165, 1.54) is 23.9 Å². The van der Waals surface area contributed by atoms with Crippen LogP contribution in [0.15, 0.2) is 53.4 Å². The van der Waals surface area contributed by atoms with Crippen LogP contribution in [0.4, 0.5) is 18.0 Å². The van der Waals surface area contributed by atoms with Crippen molar-refractivity contribution in [3.63, 3.8) is 0 Å². The van der Waals surface area contributed by atoms with Crippen molar-refractivity contribution in [3.8, 4) is 5.75 Å². The number of hydrogen-bond acceptors (Lipinski definition) is 6. The predicted molar refractivity (Wildman–Crippen MR) is 122 cm³/mol. The Labute approximate surface area is 202 Å². The van der Waals surface area contributed by atoms with E-state index in [4.69, 9.17) is 9.47 Å². The smallest absolute Gasteiger partial charge is 0.416 e. The largest absolute Gasteiger partial charge is 0.484 e. The molecule has 1 N–H and O–H groups in total. The second-order valence-corrected chi connectivity index (χ2v) is 9.76. The lowest BCUT2D eigenvalue weighted by Crippen LogP contribution is -2.48. The Morgan fingerprint density at radius 3 is 2.46 bits per heavy atom. The Morgan fingerprint density at radius 2 is 1.74 bits per heavy atom. The molecule has 0 atom stereocenters. The number of fused-ring (bicyclic) bond motifs is 2. The number of alkyl halides is 3. The minimum Gasteiger partial charge on any atom is -0.484 e. The third-order valence-corrected chi connectivity index (χ3v) is 7.75. The second kappa shape index (κ2) is 8.75. The number of amides is 1. The lowest BCUT2D eigenvalue weighted by Gasteiger charge is -2.44. The van der Waals surface area contributed by atoms with Gasteiger partial charge in [-0.1, -0.05) is 30.3 Å². The van der Waals surface area contributed by atoms with E-state index in [0.717, 1.165) is 12.1 Å². The van der Waals surface area contributed by atoms with Crippen molar-refractivity contribution in [3.05, 3.63) is 70.1 Å². The summed E-state index contributed by atoms with van der Waals surface area (Å²) in [5.74, 6) is -0.318. The fourth-order valence-corrected chi connectivity index (χ4v) is 5.85. The van der Waals surface area contributed by atoms with E-state index in [9.17, 15) is 27.6 Å². The molecule has 1 amide bonds. The van der Waals surface area contributed by atoms with Crippen LogP contribution in [-0.4, -0.2) is 35.1 Å². The average Bonchev–Trinajstić information content (AvgIpc) is 2.84. The summed E-state index contributed by atoms with van der Waals surface area (Å²) in [5.41, 5.74) is -0.488. The zero-order valence-electron chi connectivity index (χ0n) is 18.3. The van der Waals surface area contributed by atoms with Crippen LogP contribution < -0.4 is 10.1 Å². The number of thioether (sulfide) groups is 1. The zero-order valence-corrected chi connectivity index (χ0v) is 19.1. The lowest BCUT2D eigenvalue weighted by atomic mass is 9.82. The van der Waals surface area contributed by atoms with Gasteiger partial charge in [-0.25, -0.2) is 4.79 Å². The molecule has 35 heavy (non-hydrogen) atoms. The summed E-state index contributed by atoms with van der Waals surface area (Å²) in [6.07, 6.45) is -3.03. The second-order valence-electron chi connectivity index (χ2n) is 8.77. The molecule has 0 radical (unpaired) electrons. The minimum absolute atomic E-state index is 0.189. The normalized spacial score (nSPS) is 23.9. The zero-order chi connectivity index (χ0) is 24.8. The first-order chi connectivity index (χ1) is 16.7. The summed E-state index contributed by atoms with van der Waals surface area (Å²) < 4.78 is 50.1. The molecule has 2 aliphatic carbocycles. The van der Waals surface area contributed by atoms with E-state index >= 15 is 0 Å². The molecule has 6 nitrogen and oxygen atoms in total. The van der Waals surface area contributed by atoms with Crippen molar-refractivity contribution in [2.45, 2.75) is 43.5 Å². The molecule has 1 spiro atoms. The van der Waals surface area contributed by atoms with E-state index in [-0.39, 0.29) is 11.8 Å². The number of carbonyl (C=O) groups is 3. The third kappa shape index (κ3) is 4.54. The van der Waals surface area contributed by atoms with Crippen LogP contribution in [0, 0.1) is 0 Å². The van der Waals surface area contributed by atoms with Gasteiger partial charge in [0.2, 0.25) is 11.6 Å². The van der Waals surface area contributed by atoms with E-state index in [1.807, 2.05) is 0 Å². The Morgan fingerprint density at radius 1 is 1.03 bits per heavy atom. The van der Waals surface area contributed by atoms with Crippen LogP contribution in [0.25, 0.3) is 5.76 Å². The maximum atomic E-state index is 12.9. The SMILES string of the molecule is O=C(NC1CCC2(CC1)CSC1=C(O2)c2ccccc2C(=O)C1=O)Oc1cccc(C(F)(F)F)c1. The van der Waals surface area contributed by atoms with Gasteiger partial charge >= 0.3 is 12.3 Å². The van der Waals surface area contributed by atoms with E-state index in [1.54, 1.807) is 24.3 Å². The molecule has 182 valence electrons. The first-order valence-corrected chi connectivity index (χ1v) is 12.0. The molecule has 0 bridgehead atoms. The Kier molecular flexibility index (Phi) is 5.86. The third-order valence-electron chi connectivity index (χ3n) is 6.42. The summed E-state index contributed by atoms with van der Waals surface area (Å²) >= 11 is 1.33. The van der Waals surface area contributed by atoms with Crippen LogP contribution >= 0.6 is 11.8 Å². The number of ether oxygens (including phenoxy) is 2. The molecule has 2 aromatic rings. The predicted octanol–water partition coefficient (Wildman–Crippen LogP) is 5.37. The Bertz CT molecular complexity index is 1250. The molecule has 0 saturated heterocycles. The summed E-state index contributed by atoms with van der Waals surface area (Å²) in [6, 6.07) is 10.8. The Hall–Kier alpha value is -3.27. The number of carbonyl (C=O) groups excluding carboxylic acids is 3. The van der Waals surface area contributed by atoms with Gasteiger partial charge in [0.1, 0.15) is 22.0 Å². The van der Waals surface area contributed by atoms with Gasteiger partial charge in [-0.15, -0.1) is 11.8 Å². The van der Waals surface area contributed by atoms with Crippen LogP contribution in [0.1, 0.15) is 47.2 Å². The van der Waals surface area contributed by atoms with Gasteiger partial charge in [-0.2, -0.15) is 13.2 Å². The fourth-order valence-electron chi connectivity index (χ4n) is 4.59. The highest BCUT2D eigenvalue weighted by atomic mass is 32.2. The van der Waals surface area contributed by atoms with Crippen LogP contribution in [0.2, 0.25) is 0 Å². The quantitative estimate of drug-likeness (QED) is 0.555. The molecule has 5 rings (SSSR count). The van der Waals surface area contributed by atoms with Crippen molar-refractivity contribution >= 4 is 35.2 Å². The maximum absolute atomic E-state index is 12.9. The molecular formula is C25H20F3NO5S. The van der Waals surface area contributed by atoms with E-state index < -0.39 is 35.0 Å². The monoisotopic (exact) mass is 503 g/mol. The highest BCUT2D eigenvalue weighted by Crippen LogP contribution is 2.48. The topological polar surface area (TPSA) is 81.7 Å². The van der Waals surface area contributed by atoms with E-state index in [2.05, 4.69) is 5.32 Å². The molecule has 0 aromatic heterocycles. The van der Waals surface area contributed by atoms with Gasteiger partial charge in [-0.05, 0) is 43.9 Å². The number of nitrogens with one attached hydrogen (secondary N) is 1. The first-order valence-electron chi connectivity index (χ1n) is 11.1. The number of allylic oxidation sites excluding steroid dienone is 1. The van der Waals surface area contributed by atoms with E-state index in [0.29, 0.717) is 53.2 Å². The number of ketones is 2. The number of hydrogen-bond donors (Lipinski definition) is 1. The number of halogens is 3. The fraction of sp³-hybridized carbons (Fsp3) is 0.320. The minimum atomic E-state index is -4.53. The summed E-state index contributed by atoms with van der Waals surface area (Å²) in [5, 5.41) is 2.72. The molecule has 1 aliphatic heterocycles. The highest BCUT2D eigenvalue weighted by molar-refractivity contribution is 8.04. The van der Waals surface area contributed by atoms with Gasteiger partial charge in [0.05, 0.1) is 5.56 Å².